The fourth-order valence-electron chi connectivity index (χ4n) is 3.43. The van der Waals surface area contributed by atoms with Crippen molar-refractivity contribution in [3.8, 4) is 0 Å². The topological polar surface area (TPSA) is 38.0 Å². The highest BCUT2D eigenvalue weighted by molar-refractivity contribution is 4.96. The molecule has 0 bridgehead atoms. The summed E-state index contributed by atoms with van der Waals surface area (Å²) in [6.45, 7) is 16.0. The molecule has 1 aliphatic rings. The van der Waals surface area contributed by atoms with E-state index in [1.807, 2.05) is 0 Å². The molecule has 0 aromatic rings. The van der Waals surface area contributed by atoms with Gasteiger partial charge in [-0.25, -0.2) is 0 Å². The fraction of sp³-hybridized carbons (Fsp3) is 1.00. The van der Waals surface area contributed by atoms with Gasteiger partial charge in [0.1, 0.15) is 0 Å². The Bertz CT molecular complexity index is 250. The predicted octanol–water partition coefficient (Wildman–Crippen LogP) is 3.80. The number of nitrogens with two attached hydrogens (primary N) is 1. The molecule has 0 amide bonds. The van der Waals surface area contributed by atoms with E-state index in [1.54, 1.807) is 0 Å². The minimum atomic E-state index is 0.206. The highest BCUT2D eigenvalue weighted by atomic mass is 15.0. The third kappa shape index (κ3) is 4.75. The third-order valence-corrected chi connectivity index (χ3v) is 5.38. The maximum atomic E-state index is 6.10. The van der Waals surface area contributed by atoms with Crippen molar-refractivity contribution in [3.63, 3.8) is 0 Å². The summed E-state index contributed by atoms with van der Waals surface area (Å²) in [6, 6.07) is 0. The number of rotatable bonds is 6. The molecule has 0 radical (unpaired) electrons. The van der Waals surface area contributed by atoms with E-state index in [2.05, 4.69) is 46.9 Å². The molecule has 0 aromatic carbocycles. The molecule has 19 heavy (non-hydrogen) atoms. The number of nitrogens with one attached hydrogen (secondary N) is 1. The quantitative estimate of drug-likeness (QED) is 0.769. The second kappa shape index (κ2) is 6.58. The Hall–Kier alpha value is -0.0800. The molecule has 1 saturated carbocycles. The van der Waals surface area contributed by atoms with Gasteiger partial charge in [0.25, 0.3) is 0 Å². The van der Waals surface area contributed by atoms with Gasteiger partial charge < -0.3 is 11.1 Å². The number of hydrogen-bond acceptors (Lipinski definition) is 2. The lowest BCUT2D eigenvalue weighted by molar-refractivity contribution is 0.126. The van der Waals surface area contributed by atoms with Gasteiger partial charge >= 0.3 is 0 Å². The van der Waals surface area contributed by atoms with Gasteiger partial charge in [-0.3, -0.25) is 0 Å². The summed E-state index contributed by atoms with van der Waals surface area (Å²) >= 11 is 0. The Morgan fingerprint density at radius 3 is 1.79 bits per heavy atom. The summed E-state index contributed by atoms with van der Waals surface area (Å²) in [7, 11) is 0. The van der Waals surface area contributed by atoms with Crippen LogP contribution in [-0.4, -0.2) is 18.6 Å². The summed E-state index contributed by atoms with van der Waals surface area (Å²) < 4.78 is 0. The van der Waals surface area contributed by atoms with Crippen molar-refractivity contribution in [1.82, 2.24) is 5.32 Å². The van der Waals surface area contributed by atoms with Crippen LogP contribution in [0.5, 0.6) is 0 Å². The van der Waals surface area contributed by atoms with Crippen LogP contribution in [0, 0.1) is 23.2 Å². The Morgan fingerprint density at radius 2 is 1.42 bits per heavy atom. The van der Waals surface area contributed by atoms with E-state index in [0.717, 1.165) is 30.8 Å². The van der Waals surface area contributed by atoms with Gasteiger partial charge in [0, 0.05) is 12.1 Å². The average molecular weight is 268 g/mol. The molecule has 0 unspecified atom stereocenters. The van der Waals surface area contributed by atoms with E-state index >= 15 is 0 Å². The smallest absolute Gasteiger partial charge is 0.0304 e. The van der Waals surface area contributed by atoms with E-state index in [9.17, 15) is 0 Å². The van der Waals surface area contributed by atoms with Gasteiger partial charge in [0.05, 0.1) is 0 Å². The molecule has 2 heteroatoms. The van der Waals surface area contributed by atoms with Gasteiger partial charge in [-0.1, -0.05) is 41.5 Å². The lowest BCUT2D eigenvalue weighted by Gasteiger charge is -2.45. The summed E-state index contributed by atoms with van der Waals surface area (Å²) in [4.78, 5) is 0. The minimum Gasteiger partial charge on any atom is -0.329 e. The SMILES string of the molecule is CC(C)C(CNC1(CN)CCC(C)(C)CC1)C(C)C. The molecule has 0 aliphatic heterocycles. The standard InChI is InChI=1S/C17H36N2/c1-13(2)15(14(3)4)11-19-17(12-18)9-7-16(5,6)8-10-17/h13-15,19H,7-12,18H2,1-6H3. The van der Waals surface area contributed by atoms with E-state index < -0.39 is 0 Å². The van der Waals surface area contributed by atoms with Crippen LogP contribution in [0.4, 0.5) is 0 Å². The van der Waals surface area contributed by atoms with Crippen molar-refractivity contribution in [1.29, 1.82) is 0 Å². The monoisotopic (exact) mass is 268 g/mol. The van der Waals surface area contributed by atoms with Gasteiger partial charge in [0.15, 0.2) is 0 Å². The molecular weight excluding hydrogens is 232 g/mol. The molecule has 2 nitrogen and oxygen atoms in total. The minimum absolute atomic E-state index is 0.206. The van der Waals surface area contributed by atoms with Crippen LogP contribution in [0.1, 0.15) is 67.2 Å². The second-order valence-electron chi connectivity index (χ2n) is 8.18. The second-order valence-corrected chi connectivity index (χ2v) is 8.18. The Balaban J connectivity index is 2.58. The highest BCUT2D eigenvalue weighted by Crippen LogP contribution is 2.40. The molecular formula is C17H36N2. The van der Waals surface area contributed by atoms with Gasteiger partial charge in [0.2, 0.25) is 0 Å². The largest absolute Gasteiger partial charge is 0.329 e. The molecule has 114 valence electrons. The van der Waals surface area contributed by atoms with Crippen molar-refractivity contribution < 1.29 is 0 Å². The van der Waals surface area contributed by atoms with Crippen molar-refractivity contribution in [2.24, 2.45) is 28.9 Å². The lowest BCUT2D eigenvalue weighted by Crippen LogP contribution is -2.56. The zero-order chi connectivity index (χ0) is 14.7. The first-order chi connectivity index (χ1) is 8.71. The Kier molecular flexibility index (Phi) is 5.88. The van der Waals surface area contributed by atoms with Crippen molar-refractivity contribution in [2.45, 2.75) is 72.8 Å². The number of hydrogen-bond donors (Lipinski definition) is 2. The first kappa shape index (κ1) is 17.0. The van der Waals surface area contributed by atoms with Crippen molar-refractivity contribution in [3.05, 3.63) is 0 Å². The van der Waals surface area contributed by atoms with Gasteiger partial charge in [-0.2, -0.15) is 0 Å². The third-order valence-electron chi connectivity index (χ3n) is 5.38. The van der Waals surface area contributed by atoms with Crippen LogP contribution in [0.2, 0.25) is 0 Å². The lowest BCUT2D eigenvalue weighted by atomic mass is 9.69. The zero-order valence-electron chi connectivity index (χ0n) is 14.1. The molecule has 0 heterocycles. The normalized spacial score (nSPS) is 22.4. The maximum Gasteiger partial charge on any atom is 0.0304 e. The van der Waals surface area contributed by atoms with Crippen molar-refractivity contribution >= 4 is 0 Å². The molecule has 1 fully saturated rings. The Morgan fingerprint density at radius 1 is 0.947 bits per heavy atom. The molecule has 3 N–H and O–H groups in total. The molecule has 0 saturated heterocycles. The highest BCUT2D eigenvalue weighted by Gasteiger charge is 2.37. The summed E-state index contributed by atoms with van der Waals surface area (Å²) in [5.41, 5.74) is 6.82. The van der Waals surface area contributed by atoms with Crippen LogP contribution in [0.3, 0.4) is 0 Å². The van der Waals surface area contributed by atoms with Crippen molar-refractivity contribution in [2.75, 3.05) is 13.1 Å². The zero-order valence-corrected chi connectivity index (χ0v) is 14.1. The Labute approximate surface area is 120 Å². The van der Waals surface area contributed by atoms with E-state index in [4.69, 9.17) is 5.73 Å². The molecule has 0 spiro atoms. The van der Waals surface area contributed by atoms with Crippen LogP contribution in [0.25, 0.3) is 0 Å². The van der Waals surface area contributed by atoms with Gasteiger partial charge in [-0.05, 0) is 55.4 Å². The first-order valence-electron chi connectivity index (χ1n) is 8.16. The van der Waals surface area contributed by atoms with Crippen LogP contribution < -0.4 is 11.1 Å². The van der Waals surface area contributed by atoms with E-state index in [0.29, 0.717) is 5.41 Å². The summed E-state index contributed by atoms with van der Waals surface area (Å²) in [6.07, 6.45) is 5.06. The summed E-state index contributed by atoms with van der Waals surface area (Å²) in [5, 5.41) is 3.86. The fourth-order valence-corrected chi connectivity index (χ4v) is 3.43. The van der Waals surface area contributed by atoms with Crippen LogP contribution in [0.15, 0.2) is 0 Å². The van der Waals surface area contributed by atoms with E-state index in [-0.39, 0.29) is 5.54 Å². The molecule has 0 atom stereocenters. The molecule has 1 aliphatic carbocycles. The predicted molar refractivity (Wildman–Crippen MR) is 85.2 cm³/mol. The van der Waals surface area contributed by atoms with Gasteiger partial charge in [-0.15, -0.1) is 0 Å². The maximum absolute atomic E-state index is 6.10. The van der Waals surface area contributed by atoms with E-state index in [1.165, 1.54) is 25.7 Å². The van der Waals surface area contributed by atoms with Crippen LogP contribution in [-0.2, 0) is 0 Å². The molecule has 0 aromatic heterocycles. The molecule has 1 rings (SSSR count). The first-order valence-corrected chi connectivity index (χ1v) is 8.16. The average Bonchev–Trinajstić information content (AvgIpc) is 2.31. The summed E-state index contributed by atoms with van der Waals surface area (Å²) in [5.74, 6) is 2.23. The van der Waals surface area contributed by atoms with Crippen LogP contribution >= 0.6 is 0 Å².